The minimum Gasteiger partial charge on any atom is -0.424 e. The highest BCUT2D eigenvalue weighted by atomic mass is 32.2. The molecule has 0 spiro atoms. The number of aromatic nitrogens is 2. The molecular formula is C23H20FN3O5S. The van der Waals surface area contributed by atoms with Crippen LogP contribution in [-0.4, -0.2) is 24.1 Å². The second-order valence-electron chi connectivity index (χ2n) is 7.25. The molecule has 4 rings (SSSR count). The number of ether oxygens (including phenoxy) is 1. The van der Waals surface area contributed by atoms with E-state index in [0.717, 1.165) is 0 Å². The number of hydrogen-bond acceptors (Lipinski definition) is 7. The smallest absolute Gasteiger partial charge is 0.340 e. The van der Waals surface area contributed by atoms with Gasteiger partial charge in [-0.3, -0.25) is 4.72 Å². The van der Waals surface area contributed by atoms with E-state index in [1.54, 1.807) is 43.6 Å². The van der Waals surface area contributed by atoms with Gasteiger partial charge in [-0.25, -0.2) is 27.6 Å². The number of halogens is 1. The summed E-state index contributed by atoms with van der Waals surface area (Å²) in [7, 11) is -3.65. The van der Waals surface area contributed by atoms with Gasteiger partial charge in [0.1, 0.15) is 11.3 Å². The Morgan fingerprint density at radius 1 is 1.12 bits per heavy atom. The quantitative estimate of drug-likeness (QED) is 0.404. The molecule has 170 valence electrons. The van der Waals surface area contributed by atoms with E-state index >= 15 is 0 Å². The standard InChI is InChI=1S/C23H20FN3O5S/c1-3-33(29,30)27-19-7-4-6-15(21(19)24)12-18-14(2)17-9-8-16(13-20(17)32-22(18)28)31-23-25-10-5-11-26-23/h4-11,13,27H,3,12H2,1-2H3. The van der Waals surface area contributed by atoms with E-state index in [2.05, 4.69) is 14.7 Å². The van der Waals surface area contributed by atoms with Crippen LogP contribution in [0.4, 0.5) is 10.1 Å². The van der Waals surface area contributed by atoms with Crippen LogP contribution >= 0.6 is 0 Å². The van der Waals surface area contributed by atoms with Crippen molar-refractivity contribution in [3.8, 4) is 11.8 Å². The molecule has 0 radical (unpaired) electrons. The zero-order valence-electron chi connectivity index (χ0n) is 17.8. The van der Waals surface area contributed by atoms with Crippen molar-refractivity contribution in [1.29, 1.82) is 0 Å². The van der Waals surface area contributed by atoms with E-state index in [4.69, 9.17) is 9.15 Å². The number of rotatable bonds is 7. The number of hydrogen-bond donors (Lipinski definition) is 1. The van der Waals surface area contributed by atoms with Gasteiger partial charge in [0, 0.05) is 35.8 Å². The van der Waals surface area contributed by atoms with Gasteiger partial charge in [-0.05, 0) is 49.2 Å². The van der Waals surface area contributed by atoms with Crippen LogP contribution in [0.3, 0.4) is 0 Å². The number of fused-ring (bicyclic) bond motifs is 1. The molecule has 0 aliphatic heterocycles. The van der Waals surface area contributed by atoms with Crippen LogP contribution < -0.4 is 15.1 Å². The number of nitrogens with zero attached hydrogens (tertiary/aromatic N) is 2. The van der Waals surface area contributed by atoms with Crippen LogP contribution in [-0.2, 0) is 16.4 Å². The molecule has 2 heterocycles. The first-order valence-electron chi connectivity index (χ1n) is 10.1. The van der Waals surface area contributed by atoms with E-state index in [1.807, 2.05) is 0 Å². The summed E-state index contributed by atoms with van der Waals surface area (Å²) < 4.78 is 51.9. The van der Waals surface area contributed by atoms with Crippen molar-refractivity contribution in [2.45, 2.75) is 20.3 Å². The lowest BCUT2D eigenvalue weighted by atomic mass is 9.99. The summed E-state index contributed by atoms with van der Waals surface area (Å²) in [4.78, 5) is 20.7. The number of nitrogens with one attached hydrogen (secondary N) is 1. The van der Waals surface area contributed by atoms with Crippen molar-refractivity contribution in [1.82, 2.24) is 9.97 Å². The predicted octanol–water partition coefficient (Wildman–Crippen LogP) is 4.18. The molecule has 33 heavy (non-hydrogen) atoms. The van der Waals surface area contributed by atoms with Gasteiger partial charge in [-0.1, -0.05) is 12.1 Å². The van der Waals surface area contributed by atoms with Crippen LogP contribution in [0, 0.1) is 12.7 Å². The van der Waals surface area contributed by atoms with Crippen molar-refractivity contribution in [2.75, 3.05) is 10.5 Å². The maximum atomic E-state index is 15.0. The fraction of sp³-hybridized carbons (Fsp3) is 0.174. The van der Waals surface area contributed by atoms with E-state index in [0.29, 0.717) is 22.3 Å². The number of sulfonamides is 1. The van der Waals surface area contributed by atoms with Gasteiger partial charge in [-0.2, -0.15) is 0 Å². The summed E-state index contributed by atoms with van der Waals surface area (Å²) in [5.74, 6) is -0.530. The minimum absolute atomic E-state index is 0.0618. The molecule has 2 aromatic carbocycles. The van der Waals surface area contributed by atoms with Crippen molar-refractivity contribution < 1.29 is 22.0 Å². The molecule has 0 bridgehead atoms. The minimum atomic E-state index is -3.65. The fourth-order valence-corrected chi connectivity index (χ4v) is 3.95. The summed E-state index contributed by atoms with van der Waals surface area (Å²) >= 11 is 0. The molecule has 0 saturated carbocycles. The lowest BCUT2D eigenvalue weighted by Gasteiger charge is -2.12. The Morgan fingerprint density at radius 2 is 1.88 bits per heavy atom. The second kappa shape index (κ2) is 8.99. The number of anilines is 1. The molecule has 10 heteroatoms. The summed E-state index contributed by atoms with van der Waals surface area (Å²) in [6.07, 6.45) is 3.02. The highest BCUT2D eigenvalue weighted by Gasteiger charge is 2.18. The molecule has 2 aromatic heterocycles. The van der Waals surface area contributed by atoms with Crippen LogP contribution in [0.5, 0.6) is 11.8 Å². The summed E-state index contributed by atoms with van der Waals surface area (Å²) in [6, 6.07) is 11.2. The molecule has 0 unspecified atom stereocenters. The van der Waals surface area contributed by atoms with Crippen molar-refractivity contribution in [3.63, 3.8) is 0 Å². The van der Waals surface area contributed by atoms with Crippen LogP contribution in [0.15, 0.2) is 64.1 Å². The molecule has 0 fully saturated rings. The first-order valence-corrected chi connectivity index (χ1v) is 11.7. The molecule has 8 nitrogen and oxygen atoms in total. The molecule has 0 amide bonds. The molecule has 0 atom stereocenters. The summed E-state index contributed by atoms with van der Waals surface area (Å²) in [5.41, 5.74) is 0.593. The van der Waals surface area contributed by atoms with Gasteiger partial charge in [-0.15, -0.1) is 0 Å². The average Bonchev–Trinajstić information content (AvgIpc) is 2.79. The second-order valence-corrected chi connectivity index (χ2v) is 9.26. The zero-order chi connectivity index (χ0) is 23.6. The van der Waals surface area contributed by atoms with Gasteiger partial charge in [0.05, 0.1) is 11.4 Å². The highest BCUT2D eigenvalue weighted by molar-refractivity contribution is 7.92. The normalized spacial score (nSPS) is 11.5. The maximum absolute atomic E-state index is 15.0. The van der Waals surface area contributed by atoms with Crippen LogP contribution in [0.1, 0.15) is 23.6 Å². The molecular weight excluding hydrogens is 449 g/mol. The zero-order valence-corrected chi connectivity index (χ0v) is 18.6. The Hall–Kier alpha value is -3.79. The van der Waals surface area contributed by atoms with Crippen LogP contribution in [0.25, 0.3) is 11.0 Å². The lowest BCUT2D eigenvalue weighted by Crippen LogP contribution is -2.16. The largest absolute Gasteiger partial charge is 0.424 e. The Balaban J connectivity index is 1.68. The SMILES string of the molecule is CCS(=O)(=O)Nc1cccc(Cc2c(C)c3ccc(Oc4ncccn4)cc3oc2=O)c1F. The topological polar surface area (TPSA) is 111 Å². The first kappa shape index (κ1) is 22.4. The average molecular weight is 469 g/mol. The third-order valence-corrected chi connectivity index (χ3v) is 6.39. The monoisotopic (exact) mass is 469 g/mol. The van der Waals surface area contributed by atoms with Crippen molar-refractivity contribution in [3.05, 3.63) is 87.8 Å². The predicted molar refractivity (Wildman–Crippen MR) is 122 cm³/mol. The Labute approximate surface area is 189 Å². The molecule has 0 saturated heterocycles. The molecule has 4 aromatic rings. The van der Waals surface area contributed by atoms with E-state index in [-0.39, 0.29) is 35.0 Å². The molecule has 1 N–H and O–H groups in total. The number of benzene rings is 2. The third-order valence-electron chi connectivity index (χ3n) is 5.10. The Morgan fingerprint density at radius 3 is 2.61 bits per heavy atom. The van der Waals surface area contributed by atoms with E-state index in [1.165, 1.54) is 25.1 Å². The Bertz CT molecular complexity index is 1490. The van der Waals surface area contributed by atoms with Gasteiger partial charge in [0.15, 0.2) is 5.82 Å². The molecule has 0 aliphatic rings. The maximum Gasteiger partial charge on any atom is 0.340 e. The van der Waals surface area contributed by atoms with Gasteiger partial charge in [0.2, 0.25) is 10.0 Å². The summed E-state index contributed by atoms with van der Waals surface area (Å²) in [6.45, 7) is 3.20. The number of aryl methyl sites for hydroxylation is 1. The van der Waals surface area contributed by atoms with Gasteiger partial charge >= 0.3 is 11.6 Å². The van der Waals surface area contributed by atoms with Gasteiger partial charge < -0.3 is 9.15 Å². The van der Waals surface area contributed by atoms with Crippen LogP contribution in [0.2, 0.25) is 0 Å². The first-order chi connectivity index (χ1) is 15.8. The third kappa shape index (κ3) is 4.85. The lowest BCUT2D eigenvalue weighted by molar-refractivity contribution is 0.440. The van der Waals surface area contributed by atoms with E-state index < -0.39 is 21.5 Å². The molecule has 0 aliphatic carbocycles. The van der Waals surface area contributed by atoms with Crippen molar-refractivity contribution in [2.24, 2.45) is 0 Å². The highest BCUT2D eigenvalue weighted by Crippen LogP contribution is 2.28. The fourth-order valence-electron chi connectivity index (χ4n) is 3.31. The summed E-state index contributed by atoms with van der Waals surface area (Å²) in [5, 5.41) is 0.661. The van der Waals surface area contributed by atoms with E-state index in [9.17, 15) is 17.6 Å². The van der Waals surface area contributed by atoms with Crippen molar-refractivity contribution >= 4 is 26.7 Å². The Kier molecular flexibility index (Phi) is 6.10. The van der Waals surface area contributed by atoms with Gasteiger partial charge in [0.25, 0.3) is 0 Å².